The van der Waals surface area contributed by atoms with Gasteiger partial charge in [-0.15, -0.1) is 0 Å². The Hall–Kier alpha value is -3.85. The van der Waals surface area contributed by atoms with Crippen LogP contribution in [0.1, 0.15) is 51.0 Å². The van der Waals surface area contributed by atoms with E-state index in [-0.39, 0.29) is 18.5 Å². The lowest BCUT2D eigenvalue weighted by Gasteiger charge is -2.34. The largest absolute Gasteiger partial charge is 0.457 e. The summed E-state index contributed by atoms with van der Waals surface area (Å²) in [4.78, 5) is 28.9. The molecule has 8 nitrogen and oxygen atoms in total. The molecule has 0 radical (unpaired) electrons. The highest BCUT2D eigenvalue weighted by Gasteiger charge is 2.32. The van der Waals surface area contributed by atoms with Gasteiger partial charge in [0.15, 0.2) is 0 Å². The molecule has 0 heterocycles. The third kappa shape index (κ3) is 8.57. The number of amides is 2. The maximum atomic E-state index is 13.9. The van der Waals surface area contributed by atoms with Gasteiger partial charge in [0.05, 0.1) is 11.9 Å². The molecule has 1 fully saturated rings. The second-order valence-corrected chi connectivity index (χ2v) is 12.4. The third-order valence-electron chi connectivity index (χ3n) is 7.32. The van der Waals surface area contributed by atoms with E-state index in [0.717, 1.165) is 41.8 Å². The van der Waals surface area contributed by atoms with E-state index in [1.165, 1.54) is 11.3 Å². The molecule has 218 valence electrons. The van der Waals surface area contributed by atoms with Crippen LogP contribution in [0.25, 0.3) is 0 Å². The number of nitrogens with zero attached hydrogens (tertiary/aromatic N) is 2. The molecule has 0 unspecified atom stereocenters. The van der Waals surface area contributed by atoms with Gasteiger partial charge in [-0.1, -0.05) is 74.7 Å². The Bertz CT molecular complexity index is 1380. The number of benzene rings is 3. The predicted molar refractivity (Wildman–Crippen MR) is 161 cm³/mol. The second kappa shape index (κ2) is 14.2. The predicted octanol–water partition coefficient (Wildman–Crippen LogP) is 5.50. The van der Waals surface area contributed by atoms with Crippen molar-refractivity contribution in [1.82, 2.24) is 10.2 Å². The van der Waals surface area contributed by atoms with Crippen LogP contribution in [0.3, 0.4) is 0 Å². The first-order valence-corrected chi connectivity index (χ1v) is 16.0. The van der Waals surface area contributed by atoms with Gasteiger partial charge in [0.25, 0.3) is 0 Å². The van der Waals surface area contributed by atoms with E-state index in [1.54, 1.807) is 24.3 Å². The molecule has 0 bridgehead atoms. The number of rotatable bonds is 12. The molecule has 1 aliphatic carbocycles. The number of ether oxygens (including phenoxy) is 1. The SMILES string of the molecule is CC[C@@H](C(=O)NC1CCCCC1)N(Cc1ccccc1)C(=O)CN(c1ccc(Oc2ccccc2)cc1)S(C)(=O)=O. The van der Waals surface area contributed by atoms with E-state index in [9.17, 15) is 18.0 Å². The Morgan fingerprint density at radius 3 is 2.05 bits per heavy atom. The number of hydrogen-bond donors (Lipinski definition) is 1. The van der Waals surface area contributed by atoms with E-state index in [4.69, 9.17) is 4.74 Å². The van der Waals surface area contributed by atoms with Crippen LogP contribution in [-0.2, 0) is 26.2 Å². The standard InChI is InChI=1S/C32H39N3O5S/c1-3-30(32(37)33-26-15-9-5-10-16-26)34(23-25-13-7-4-8-14-25)31(36)24-35(41(2,38)39)27-19-21-29(22-20-27)40-28-17-11-6-12-18-28/h4,6-8,11-14,17-22,26,30H,3,5,9-10,15-16,23-24H2,1-2H3,(H,33,37)/t30-/m0/s1. The van der Waals surface area contributed by atoms with Crippen molar-refractivity contribution in [2.45, 2.75) is 64.1 Å². The zero-order valence-electron chi connectivity index (χ0n) is 23.7. The van der Waals surface area contributed by atoms with Gasteiger partial charge in [-0.05, 0) is 61.2 Å². The number of anilines is 1. The lowest BCUT2D eigenvalue weighted by atomic mass is 9.95. The van der Waals surface area contributed by atoms with Gasteiger partial charge in [-0.25, -0.2) is 8.42 Å². The van der Waals surface area contributed by atoms with E-state index in [1.807, 2.05) is 67.6 Å². The molecule has 0 aromatic heterocycles. The van der Waals surface area contributed by atoms with Crippen molar-refractivity contribution >= 4 is 27.5 Å². The minimum Gasteiger partial charge on any atom is -0.457 e. The van der Waals surface area contributed by atoms with Gasteiger partial charge in [0, 0.05) is 12.6 Å². The molecule has 0 spiro atoms. The average molecular weight is 578 g/mol. The Morgan fingerprint density at radius 1 is 0.878 bits per heavy atom. The van der Waals surface area contributed by atoms with Crippen LogP contribution in [0.5, 0.6) is 11.5 Å². The molecule has 1 atom stereocenters. The summed E-state index contributed by atoms with van der Waals surface area (Å²) in [5.41, 5.74) is 1.19. The molecular weight excluding hydrogens is 538 g/mol. The molecule has 41 heavy (non-hydrogen) atoms. The summed E-state index contributed by atoms with van der Waals surface area (Å²) < 4.78 is 32.7. The van der Waals surface area contributed by atoms with E-state index in [0.29, 0.717) is 23.6 Å². The molecule has 9 heteroatoms. The number of sulfonamides is 1. The normalized spacial score (nSPS) is 14.6. The average Bonchev–Trinajstić information content (AvgIpc) is 2.97. The Balaban J connectivity index is 1.56. The van der Waals surface area contributed by atoms with E-state index >= 15 is 0 Å². The molecule has 1 saturated carbocycles. The third-order valence-corrected chi connectivity index (χ3v) is 8.46. The molecule has 0 saturated heterocycles. The van der Waals surface area contributed by atoms with Crippen molar-refractivity contribution in [2.24, 2.45) is 0 Å². The highest BCUT2D eigenvalue weighted by atomic mass is 32.2. The van der Waals surface area contributed by atoms with Crippen LogP contribution in [0, 0.1) is 0 Å². The Morgan fingerprint density at radius 2 is 1.46 bits per heavy atom. The number of carbonyl (C=O) groups excluding carboxylic acids is 2. The van der Waals surface area contributed by atoms with Crippen molar-refractivity contribution in [1.29, 1.82) is 0 Å². The minimum absolute atomic E-state index is 0.100. The van der Waals surface area contributed by atoms with Gasteiger partial charge < -0.3 is 15.0 Å². The molecule has 3 aromatic carbocycles. The van der Waals surface area contributed by atoms with Crippen molar-refractivity contribution in [3.05, 3.63) is 90.5 Å². The molecule has 0 aliphatic heterocycles. The topological polar surface area (TPSA) is 96.0 Å². The minimum atomic E-state index is -3.82. The van der Waals surface area contributed by atoms with Crippen molar-refractivity contribution in [2.75, 3.05) is 17.1 Å². The van der Waals surface area contributed by atoms with Crippen LogP contribution in [0.4, 0.5) is 5.69 Å². The summed E-state index contributed by atoms with van der Waals surface area (Å²) in [6, 6.07) is 24.6. The first-order valence-electron chi connectivity index (χ1n) is 14.2. The number of carbonyl (C=O) groups is 2. The molecule has 2 amide bonds. The number of hydrogen-bond acceptors (Lipinski definition) is 5. The van der Waals surface area contributed by atoms with Crippen LogP contribution < -0.4 is 14.4 Å². The maximum absolute atomic E-state index is 13.9. The zero-order chi connectivity index (χ0) is 29.2. The summed E-state index contributed by atoms with van der Waals surface area (Å²) in [5.74, 6) is 0.548. The summed E-state index contributed by atoms with van der Waals surface area (Å²) >= 11 is 0. The molecular formula is C32H39N3O5S. The van der Waals surface area contributed by atoms with Gasteiger partial charge >= 0.3 is 0 Å². The lowest BCUT2D eigenvalue weighted by Crippen LogP contribution is -2.53. The summed E-state index contributed by atoms with van der Waals surface area (Å²) in [6.07, 6.45) is 6.66. The summed E-state index contributed by atoms with van der Waals surface area (Å²) in [7, 11) is -3.82. The van der Waals surface area contributed by atoms with Gasteiger partial charge in [-0.2, -0.15) is 0 Å². The molecule has 3 aromatic rings. The summed E-state index contributed by atoms with van der Waals surface area (Å²) in [5, 5.41) is 3.15. The highest BCUT2D eigenvalue weighted by molar-refractivity contribution is 7.92. The van der Waals surface area contributed by atoms with Gasteiger partial charge in [0.1, 0.15) is 24.1 Å². The van der Waals surface area contributed by atoms with E-state index in [2.05, 4.69) is 5.32 Å². The number of nitrogens with one attached hydrogen (secondary N) is 1. The van der Waals surface area contributed by atoms with E-state index < -0.39 is 28.5 Å². The van der Waals surface area contributed by atoms with Crippen LogP contribution >= 0.6 is 0 Å². The molecule has 1 aliphatic rings. The van der Waals surface area contributed by atoms with Crippen molar-refractivity contribution in [3.8, 4) is 11.5 Å². The van der Waals surface area contributed by atoms with Crippen molar-refractivity contribution in [3.63, 3.8) is 0 Å². The smallest absolute Gasteiger partial charge is 0.244 e. The van der Waals surface area contributed by atoms with Crippen LogP contribution in [-0.4, -0.2) is 50.0 Å². The zero-order valence-corrected chi connectivity index (χ0v) is 24.6. The first-order chi connectivity index (χ1) is 19.7. The fourth-order valence-corrected chi connectivity index (χ4v) is 6.01. The van der Waals surface area contributed by atoms with Gasteiger partial charge in [0.2, 0.25) is 21.8 Å². The maximum Gasteiger partial charge on any atom is 0.244 e. The van der Waals surface area contributed by atoms with Gasteiger partial charge in [-0.3, -0.25) is 13.9 Å². The Kier molecular flexibility index (Phi) is 10.4. The summed E-state index contributed by atoms with van der Waals surface area (Å²) in [6.45, 7) is 1.63. The van der Waals surface area contributed by atoms with Crippen LogP contribution in [0.15, 0.2) is 84.9 Å². The fraction of sp³-hybridized carbons (Fsp3) is 0.375. The van der Waals surface area contributed by atoms with Crippen LogP contribution in [0.2, 0.25) is 0 Å². The second-order valence-electron chi connectivity index (χ2n) is 10.5. The first kappa shape index (κ1) is 30.1. The van der Waals surface area contributed by atoms with Crippen molar-refractivity contribution < 1.29 is 22.7 Å². The fourth-order valence-electron chi connectivity index (χ4n) is 5.16. The highest BCUT2D eigenvalue weighted by Crippen LogP contribution is 2.26. The molecule has 4 rings (SSSR count). The quantitative estimate of drug-likeness (QED) is 0.307. The monoisotopic (exact) mass is 577 g/mol. The lowest BCUT2D eigenvalue weighted by molar-refractivity contribution is -0.140. The molecule has 1 N–H and O–H groups in total. The Labute approximate surface area is 243 Å². The number of para-hydroxylation sites is 1.